The molecule has 6 nitrogen and oxygen atoms in total. The molecule has 0 bridgehead atoms. The predicted octanol–water partition coefficient (Wildman–Crippen LogP) is 1.40. The molecule has 0 saturated heterocycles. The Morgan fingerprint density at radius 3 is 2.60 bits per heavy atom. The van der Waals surface area contributed by atoms with Crippen molar-refractivity contribution >= 4 is 11.7 Å². The molecule has 0 saturated carbocycles. The molecule has 1 amide bonds. The van der Waals surface area contributed by atoms with E-state index in [4.69, 9.17) is 5.73 Å². The molecule has 4 N–H and O–H groups in total. The van der Waals surface area contributed by atoms with Gasteiger partial charge in [-0.1, -0.05) is 26.7 Å². The number of nitrogens with two attached hydrogens (primary N) is 1. The van der Waals surface area contributed by atoms with E-state index in [1.807, 2.05) is 13.8 Å². The van der Waals surface area contributed by atoms with Gasteiger partial charge in [0.25, 0.3) is 0 Å². The summed E-state index contributed by atoms with van der Waals surface area (Å²) in [4.78, 5) is 19.9. The van der Waals surface area contributed by atoms with Crippen molar-refractivity contribution < 1.29 is 9.90 Å². The van der Waals surface area contributed by atoms with Crippen LogP contribution in [0, 0.1) is 0 Å². The molecule has 0 fully saturated rings. The molecule has 20 heavy (non-hydrogen) atoms. The Morgan fingerprint density at radius 1 is 1.40 bits per heavy atom. The molecule has 0 aliphatic carbocycles. The SMILES string of the molecule is CCCC(O)(CCC)CC(=O)NCc1nccc(N)n1. The van der Waals surface area contributed by atoms with Crippen LogP contribution >= 0.6 is 0 Å². The summed E-state index contributed by atoms with van der Waals surface area (Å²) in [6, 6.07) is 1.59. The van der Waals surface area contributed by atoms with Crippen LogP contribution in [0.3, 0.4) is 0 Å². The quantitative estimate of drug-likeness (QED) is 0.668. The van der Waals surface area contributed by atoms with Gasteiger partial charge in [0.15, 0.2) is 0 Å². The van der Waals surface area contributed by atoms with E-state index in [-0.39, 0.29) is 18.9 Å². The van der Waals surface area contributed by atoms with Crippen molar-refractivity contribution in [3.05, 3.63) is 18.1 Å². The summed E-state index contributed by atoms with van der Waals surface area (Å²) in [7, 11) is 0. The molecule has 1 rings (SSSR count). The van der Waals surface area contributed by atoms with Crippen LogP contribution in [-0.4, -0.2) is 26.6 Å². The summed E-state index contributed by atoms with van der Waals surface area (Å²) in [5.74, 6) is 0.644. The largest absolute Gasteiger partial charge is 0.389 e. The van der Waals surface area contributed by atoms with Gasteiger partial charge in [0, 0.05) is 6.20 Å². The lowest BCUT2D eigenvalue weighted by Gasteiger charge is -2.26. The summed E-state index contributed by atoms with van der Waals surface area (Å²) in [6.07, 6.45) is 4.61. The van der Waals surface area contributed by atoms with Crippen LogP contribution in [0.4, 0.5) is 5.82 Å². The molecule has 0 aliphatic heterocycles. The lowest BCUT2D eigenvalue weighted by atomic mass is 9.89. The van der Waals surface area contributed by atoms with E-state index in [1.54, 1.807) is 12.3 Å². The van der Waals surface area contributed by atoms with Gasteiger partial charge in [0.2, 0.25) is 5.91 Å². The van der Waals surface area contributed by atoms with E-state index in [0.29, 0.717) is 24.5 Å². The Morgan fingerprint density at radius 2 is 2.05 bits per heavy atom. The van der Waals surface area contributed by atoms with E-state index in [0.717, 1.165) is 12.8 Å². The number of hydrogen-bond donors (Lipinski definition) is 3. The zero-order chi connectivity index (χ0) is 15.0. The number of aromatic nitrogens is 2. The number of nitrogens with zero attached hydrogens (tertiary/aromatic N) is 2. The molecule has 6 heteroatoms. The molecule has 1 aromatic heterocycles. The second kappa shape index (κ2) is 7.79. The molecule has 0 aromatic carbocycles. The van der Waals surface area contributed by atoms with Crippen molar-refractivity contribution in [3.63, 3.8) is 0 Å². The summed E-state index contributed by atoms with van der Waals surface area (Å²) in [6.45, 7) is 4.22. The average molecular weight is 280 g/mol. The summed E-state index contributed by atoms with van der Waals surface area (Å²) in [5.41, 5.74) is 4.63. The molecule has 0 spiro atoms. The van der Waals surface area contributed by atoms with Crippen molar-refractivity contribution in [2.75, 3.05) is 5.73 Å². The van der Waals surface area contributed by atoms with E-state index in [1.165, 1.54) is 0 Å². The molecular weight excluding hydrogens is 256 g/mol. The van der Waals surface area contributed by atoms with Crippen LogP contribution in [0.15, 0.2) is 12.3 Å². The van der Waals surface area contributed by atoms with Crippen molar-refractivity contribution in [1.29, 1.82) is 0 Å². The first-order chi connectivity index (χ1) is 9.49. The maximum atomic E-state index is 11.9. The number of rotatable bonds is 8. The first kappa shape index (κ1) is 16.4. The van der Waals surface area contributed by atoms with Gasteiger partial charge in [-0.2, -0.15) is 0 Å². The van der Waals surface area contributed by atoms with E-state index >= 15 is 0 Å². The molecule has 1 heterocycles. The second-order valence-electron chi connectivity index (χ2n) is 5.08. The highest BCUT2D eigenvalue weighted by Crippen LogP contribution is 2.23. The highest BCUT2D eigenvalue weighted by molar-refractivity contribution is 5.76. The third-order valence-electron chi connectivity index (χ3n) is 3.09. The fourth-order valence-electron chi connectivity index (χ4n) is 2.27. The number of amides is 1. The van der Waals surface area contributed by atoms with Gasteiger partial charge in [0.1, 0.15) is 11.6 Å². The molecule has 0 atom stereocenters. The highest BCUT2D eigenvalue weighted by atomic mass is 16.3. The normalized spacial score (nSPS) is 11.3. The number of nitrogens with one attached hydrogen (secondary N) is 1. The van der Waals surface area contributed by atoms with Gasteiger partial charge >= 0.3 is 0 Å². The van der Waals surface area contributed by atoms with E-state index in [2.05, 4.69) is 15.3 Å². The van der Waals surface area contributed by atoms with Crippen molar-refractivity contribution in [1.82, 2.24) is 15.3 Å². The minimum atomic E-state index is -0.913. The zero-order valence-corrected chi connectivity index (χ0v) is 12.2. The van der Waals surface area contributed by atoms with Gasteiger partial charge in [-0.3, -0.25) is 4.79 Å². The maximum absolute atomic E-state index is 11.9. The van der Waals surface area contributed by atoms with Gasteiger partial charge in [-0.05, 0) is 18.9 Å². The topological polar surface area (TPSA) is 101 Å². The number of nitrogen functional groups attached to an aromatic ring is 1. The lowest BCUT2D eigenvalue weighted by molar-refractivity contribution is -0.127. The van der Waals surface area contributed by atoms with Crippen molar-refractivity contribution in [3.8, 4) is 0 Å². The monoisotopic (exact) mass is 280 g/mol. The molecule has 0 radical (unpaired) electrons. The number of carbonyl (C=O) groups is 1. The van der Waals surface area contributed by atoms with Crippen LogP contribution in [0.25, 0.3) is 0 Å². The zero-order valence-electron chi connectivity index (χ0n) is 12.2. The van der Waals surface area contributed by atoms with Crippen LogP contribution in [0.5, 0.6) is 0 Å². The van der Waals surface area contributed by atoms with Gasteiger partial charge < -0.3 is 16.2 Å². The van der Waals surface area contributed by atoms with Crippen molar-refractivity contribution in [2.24, 2.45) is 0 Å². The molecule has 1 aromatic rings. The smallest absolute Gasteiger partial charge is 0.223 e. The number of aliphatic hydroxyl groups is 1. The third-order valence-corrected chi connectivity index (χ3v) is 3.09. The fraction of sp³-hybridized carbons (Fsp3) is 0.643. The second-order valence-corrected chi connectivity index (χ2v) is 5.08. The van der Waals surface area contributed by atoms with Gasteiger partial charge in [-0.25, -0.2) is 9.97 Å². The van der Waals surface area contributed by atoms with Gasteiger partial charge in [0.05, 0.1) is 18.6 Å². The van der Waals surface area contributed by atoms with Crippen LogP contribution in [0.2, 0.25) is 0 Å². The predicted molar refractivity (Wildman–Crippen MR) is 77.7 cm³/mol. The standard InChI is InChI=1S/C14H24N4O2/c1-3-6-14(20,7-4-2)9-13(19)17-10-12-16-8-5-11(15)18-12/h5,8,20H,3-4,6-7,9-10H2,1-2H3,(H,17,19)(H2,15,16,18). The van der Waals surface area contributed by atoms with E-state index in [9.17, 15) is 9.90 Å². The molecule has 0 unspecified atom stereocenters. The molecular formula is C14H24N4O2. The maximum Gasteiger partial charge on any atom is 0.223 e. The minimum Gasteiger partial charge on any atom is -0.389 e. The Balaban J connectivity index is 2.49. The Bertz CT molecular complexity index is 431. The summed E-state index contributed by atoms with van der Waals surface area (Å²) in [5, 5.41) is 13.1. The van der Waals surface area contributed by atoms with Gasteiger partial charge in [-0.15, -0.1) is 0 Å². The van der Waals surface area contributed by atoms with Crippen molar-refractivity contribution in [2.45, 2.75) is 58.1 Å². The average Bonchev–Trinajstić information content (AvgIpc) is 2.37. The molecule has 112 valence electrons. The number of carbonyl (C=O) groups excluding carboxylic acids is 1. The summed E-state index contributed by atoms with van der Waals surface area (Å²) < 4.78 is 0. The summed E-state index contributed by atoms with van der Waals surface area (Å²) >= 11 is 0. The first-order valence-corrected chi connectivity index (χ1v) is 7.05. The first-order valence-electron chi connectivity index (χ1n) is 7.05. The van der Waals surface area contributed by atoms with Crippen LogP contribution in [0.1, 0.15) is 51.8 Å². The van der Waals surface area contributed by atoms with Crippen LogP contribution < -0.4 is 11.1 Å². The third kappa shape index (κ3) is 5.52. The highest BCUT2D eigenvalue weighted by Gasteiger charge is 2.27. The van der Waals surface area contributed by atoms with E-state index < -0.39 is 5.60 Å². The number of hydrogen-bond acceptors (Lipinski definition) is 5. The Hall–Kier alpha value is -1.69. The Kier molecular flexibility index (Phi) is 6.38. The Labute approximate surface area is 119 Å². The molecule has 0 aliphatic rings. The lowest BCUT2D eigenvalue weighted by Crippen LogP contribution is -2.36. The minimum absolute atomic E-state index is 0.108. The number of anilines is 1. The fourth-order valence-corrected chi connectivity index (χ4v) is 2.27. The van der Waals surface area contributed by atoms with Crippen LogP contribution in [-0.2, 0) is 11.3 Å².